The van der Waals surface area contributed by atoms with Crippen molar-refractivity contribution in [3.63, 3.8) is 0 Å². The van der Waals surface area contributed by atoms with Crippen molar-refractivity contribution in [3.8, 4) is 22.5 Å². The van der Waals surface area contributed by atoms with Gasteiger partial charge < -0.3 is 29.8 Å². The Morgan fingerprint density at radius 2 is 1.47 bits per heavy atom. The fraction of sp³-hybridized carbons (Fsp3) is 0.447. The molecule has 1 fully saturated rings. The lowest BCUT2D eigenvalue weighted by molar-refractivity contribution is -0.137. The first kappa shape index (κ1) is 34.0. The quantitative estimate of drug-likeness (QED) is 0.169. The highest BCUT2D eigenvalue weighted by Gasteiger charge is 2.38. The number of aromatic amines is 2. The number of ether oxygens (including phenoxy) is 1. The van der Waals surface area contributed by atoms with Gasteiger partial charge in [-0.3, -0.25) is 9.59 Å². The number of amides is 3. The Bertz CT molecular complexity index is 1890. The highest BCUT2D eigenvalue weighted by atomic mass is 16.5. The number of aromatic nitrogens is 4. The molecule has 49 heavy (non-hydrogen) atoms. The molecule has 0 unspecified atom stereocenters. The Morgan fingerprint density at radius 1 is 0.857 bits per heavy atom. The number of H-pyrrole nitrogens is 2. The number of alkyl carbamates (subject to hydrolysis) is 1. The van der Waals surface area contributed by atoms with Gasteiger partial charge in [0.05, 0.1) is 36.9 Å². The first-order valence-corrected chi connectivity index (χ1v) is 17.2. The maximum absolute atomic E-state index is 13.5. The van der Waals surface area contributed by atoms with Gasteiger partial charge in [0, 0.05) is 30.1 Å². The molecule has 3 N–H and O–H groups in total. The highest BCUT2D eigenvalue weighted by Crippen LogP contribution is 2.35. The third-order valence-electron chi connectivity index (χ3n) is 10.0. The number of hydrogen-bond donors (Lipinski definition) is 3. The Kier molecular flexibility index (Phi) is 9.63. The van der Waals surface area contributed by atoms with Gasteiger partial charge in [-0.2, -0.15) is 0 Å². The zero-order valence-corrected chi connectivity index (χ0v) is 29.4. The number of nitrogens with one attached hydrogen (secondary N) is 3. The summed E-state index contributed by atoms with van der Waals surface area (Å²) in [4.78, 5) is 58.9. The maximum atomic E-state index is 13.5. The second kappa shape index (κ2) is 13.9. The van der Waals surface area contributed by atoms with Crippen molar-refractivity contribution in [2.45, 2.75) is 72.5 Å². The van der Waals surface area contributed by atoms with Crippen LogP contribution in [0.25, 0.3) is 33.3 Å². The third-order valence-corrected chi connectivity index (χ3v) is 10.0. The smallest absolute Gasteiger partial charge is 0.407 e. The average molecular weight is 666 g/mol. The molecule has 11 nitrogen and oxygen atoms in total. The van der Waals surface area contributed by atoms with Crippen LogP contribution in [0.1, 0.15) is 78.1 Å². The minimum Gasteiger partial charge on any atom is -0.453 e. The summed E-state index contributed by atoms with van der Waals surface area (Å²) < 4.78 is 4.76. The monoisotopic (exact) mass is 665 g/mol. The average Bonchev–Trinajstić information content (AvgIpc) is 3.91. The SMILES string of the molecule is COC(=O)N[C@H](C(=O)N1CCC[C@H]1c1ncc(-c2ccc3cc(-c4cnc([C@@H]5C=C(C)CN5C(=O)[C@@H](C)C(C)C)[nH]4)ccc3c2)[nH]1)C(C)C. The maximum Gasteiger partial charge on any atom is 0.407 e. The second-order valence-corrected chi connectivity index (χ2v) is 14.1. The number of carbonyl (C=O) groups excluding carboxylic acids is 3. The zero-order chi connectivity index (χ0) is 35.0. The van der Waals surface area contributed by atoms with Gasteiger partial charge in [0.15, 0.2) is 0 Å². The molecule has 11 heteroatoms. The van der Waals surface area contributed by atoms with Crippen LogP contribution in [-0.2, 0) is 14.3 Å². The van der Waals surface area contributed by atoms with Gasteiger partial charge >= 0.3 is 6.09 Å². The summed E-state index contributed by atoms with van der Waals surface area (Å²) in [5.41, 5.74) is 4.95. The van der Waals surface area contributed by atoms with E-state index in [1.807, 2.05) is 43.0 Å². The molecule has 3 amide bonds. The zero-order valence-electron chi connectivity index (χ0n) is 29.4. The number of rotatable bonds is 9. The largest absolute Gasteiger partial charge is 0.453 e. The molecule has 0 aliphatic carbocycles. The normalized spacial score (nSPS) is 19.1. The number of methoxy groups -OCH3 is 1. The summed E-state index contributed by atoms with van der Waals surface area (Å²) in [5.74, 6) is 1.63. The summed E-state index contributed by atoms with van der Waals surface area (Å²) in [6.45, 7) is 13.3. The summed E-state index contributed by atoms with van der Waals surface area (Å²) in [6, 6.07) is 11.5. The van der Waals surface area contributed by atoms with Crippen molar-refractivity contribution in [1.82, 2.24) is 35.1 Å². The van der Waals surface area contributed by atoms with Crippen molar-refractivity contribution >= 4 is 28.7 Å². The van der Waals surface area contributed by atoms with Crippen molar-refractivity contribution in [2.24, 2.45) is 17.8 Å². The highest BCUT2D eigenvalue weighted by molar-refractivity contribution is 5.90. The number of nitrogens with zero attached hydrogens (tertiary/aromatic N) is 4. The van der Waals surface area contributed by atoms with E-state index < -0.39 is 12.1 Å². The summed E-state index contributed by atoms with van der Waals surface area (Å²) in [7, 11) is 1.30. The predicted molar refractivity (Wildman–Crippen MR) is 189 cm³/mol. The number of hydrogen-bond acceptors (Lipinski definition) is 6. The van der Waals surface area contributed by atoms with E-state index >= 15 is 0 Å². The Labute approximate surface area is 287 Å². The molecule has 4 aromatic rings. The molecule has 0 radical (unpaired) electrons. The van der Waals surface area contributed by atoms with E-state index in [0.717, 1.165) is 57.8 Å². The van der Waals surface area contributed by atoms with Gasteiger partial charge in [-0.1, -0.05) is 70.5 Å². The van der Waals surface area contributed by atoms with E-state index in [1.165, 1.54) is 12.7 Å². The molecule has 2 aromatic carbocycles. The first-order chi connectivity index (χ1) is 23.4. The van der Waals surface area contributed by atoms with E-state index in [9.17, 15) is 14.4 Å². The van der Waals surface area contributed by atoms with Gasteiger partial charge in [0.2, 0.25) is 11.8 Å². The fourth-order valence-corrected chi connectivity index (χ4v) is 6.83. The van der Waals surface area contributed by atoms with Crippen LogP contribution in [0.5, 0.6) is 0 Å². The molecule has 6 rings (SSSR count). The third kappa shape index (κ3) is 6.84. The van der Waals surface area contributed by atoms with Crippen LogP contribution in [0.4, 0.5) is 4.79 Å². The van der Waals surface area contributed by atoms with Crippen LogP contribution in [0, 0.1) is 17.8 Å². The minimum absolute atomic E-state index is 0.0594. The predicted octanol–water partition coefficient (Wildman–Crippen LogP) is 6.79. The van der Waals surface area contributed by atoms with Crippen LogP contribution in [-0.4, -0.2) is 73.9 Å². The molecule has 258 valence electrons. The van der Waals surface area contributed by atoms with E-state index in [-0.39, 0.29) is 41.7 Å². The molecular formula is C38H47N7O4. The molecule has 1 saturated heterocycles. The molecule has 4 heterocycles. The van der Waals surface area contributed by atoms with E-state index in [0.29, 0.717) is 13.1 Å². The Balaban J connectivity index is 1.19. The topological polar surface area (TPSA) is 136 Å². The van der Waals surface area contributed by atoms with Gasteiger partial charge in [0.1, 0.15) is 23.7 Å². The van der Waals surface area contributed by atoms with Crippen LogP contribution < -0.4 is 5.32 Å². The molecule has 2 aromatic heterocycles. The van der Waals surface area contributed by atoms with Crippen molar-refractivity contribution in [1.29, 1.82) is 0 Å². The Hall–Kier alpha value is -4.93. The van der Waals surface area contributed by atoms with E-state index in [4.69, 9.17) is 14.7 Å². The summed E-state index contributed by atoms with van der Waals surface area (Å²) in [6.07, 6.45) is 6.83. The van der Waals surface area contributed by atoms with Crippen LogP contribution in [0.15, 0.2) is 60.4 Å². The standard InChI is InChI=1S/C38H47N7O4/c1-21(2)24(6)36(46)45-20-23(5)15-32(45)35-40-19-30(42-35)28-13-11-25-16-27(12-10-26(25)17-28)29-18-39-34(41-29)31-9-8-14-44(31)37(47)33(22(3)4)43-38(48)49-7/h10-13,15-19,21-22,24,31-33H,8-9,14,20H2,1-7H3,(H,39,41)(H,40,42)(H,43,48)/t24-,31-,32-,33-/m0/s1. The number of likely N-dealkylation sites (tertiary alicyclic amines) is 1. The molecule has 2 aliphatic rings. The lowest BCUT2D eigenvalue weighted by Crippen LogP contribution is -2.51. The minimum atomic E-state index is -0.678. The van der Waals surface area contributed by atoms with Gasteiger partial charge in [-0.25, -0.2) is 14.8 Å². The lowest BCUT2D eigenvalue weighted by Gasteiger charge is -2.30. The summed E-state index contributed by atoms with van der Waals surface area (Å²) >= 11 is 0. The molecule has 0 spiro atoms. The van der Waals surface area contributed by atoms with E-state index in [2.05, 4.69) is 78.5 Å². The molecule has 2 aliphatic heterocycles. The molecule has 4 atom stereocenters. The van der Waals surface area contributed by atoms with Crippen LogP contribution in [0.2, 0.25) is 0 Å². The summed E-state index contributed by atoms with van der Waals surface area (Å²) in [5, 5.41) is 4.87. The number of benzene rings is 2. The number of carbonyl (C=O) groups is 3. The fourth-order valence-electron chi connectivity index (χ4n) is 6.83. The first-order valence-electron chi connectivity index (χ1n) is 17.2. The lowest BCUT2D eigenvalue weighted by atomic mass is 9.96. The van der Waals surface area contributed by atoms with Crippen LogP contribution >= 0.6 is 0 Å². The van der Waals surface area contributed by atoms with Gasteiger partial charge in [-0.05, 0) is 54.5 Å². The molecular weight excluding hydrogens is 618 g/mol. The van der Waals surface area contributed by atoms with Crippen LogP contribution in [0.3, 0.4) is 0 Å². The van der Waals surface area contributed by atoms with Crippen molar-refractivity contribution in [2.75, 3.05) is 20.2 Å². The van der Waals surface area contributed by atoms with E-state index in [1.54, 1.807) is 0 Å². The van der Waals surface area contributed by atoms with Gasteiger partial charge in [-0.15, -0.1) is 0 Å². The van der Waals surface area contributed by atoms with Gasteiger partial charge in [0.25, 0.3) is 0 Å². The van der Waals surface area contributed by atoms with Crippen molar-refractivity contribution < 1.29 is 19.1 Å². The number of imidazole rings is 2. The second-order valence-electron chi connectivity index (χ2n) is 14.1. The Morgan fingerprint density at radius 3 is 2.06 bits per heavy atom. The number of fused-ring (bicyclic) bond motifs is 1. The van der Waals surface area contributed by atoms with Crippen molar-refractivity contribution in [3.05, 3.63) is 72.1 Å². The molecule has 0 saturated carbocycles. The molecule has 0 bridgehead atoms.